The molecule has 0 nitrogen and oxygen atoms in total. The number of halogens is 2. The van der Waals surface area contributed by atoms with Gasteiger partial charge < -0.3 is 0 Å². The van der Waals surface area contributed by atoms with E-state index in [0.29, 0.717) is 0 Å². The van der Waals surface area contributed by atoms with Crippen molar-refractivity contribution in [1.82, 2.24) is 0 Å². The first kappa shape index (κ1) is 32.7. The van der Waals surface area contributed by atoms with Crippen LogP contribution in [0.15, 0.2) is 78.4 Å². The Labute approximate surface area is 281 Å². The number of fused-ring (bicyclic) bond motifs is 4. The summed E-state index contributed by atoms with van der Waals surface area (Å²) in [5.74, 6) is 0. The predicted molar refractivity (Wildman–Crippen MR) is 204 cm³/mol. The van der Waals surface area contributed by atoms with Crippen LogP contribution in [-0.2, 0) is 17.9 Å². The molecule has 4 aromatic rings. The van der Waals surface area contributed by atoms with Crippen LogP contribution in [0.2, 0.25) is 39.3 Å². The van der Waals surface area contributed by atoms with Crippen molar-refractivity contribution in [2.75, 3.05) is 0 Å². The maximum absolute atomic E-state index is 7.97. The Bertz CT molecular complexity index is 1760. The molecular formula is C38H46Cl2Si3Zr. The van der Waals surface area contributed by atoms with Gasteiger partial charge in [0.05, 0.1) is 0 Å². The molecule has 0 bridgehead atoms. The van der Waals surface area contributed by atoms with Gasteiger partial charge in [0.15, 0.2) is 0 Å². The number of hydrogen-bond donors (Lipinski definition) is 0. The van der Waals surface area contributed by atoms with Crippen LogP contribution in [0.25, 0.3) is 28.3 Å². The Morgan fingerprint density at radius 1 is 0.795 bits per heavy atom. The molecule has 1 atom stereocenters. The van der Waals surface area contributed by atoms with Gasteiger partial charge in [-0.15, -0.1) is 0 Å². The zero-order chi connectivity index (χ0) is 31.6. The zero-order valence-electron chi connectivity index (χ0n) is 27.7. The molecule has 0 aromatic heterocycles. The summed E-state index contributed by atoms with van der Waals surface area (Å²) in [6.45, 7) is 19.4. The minimum absolute atomic E-state index is 0.134. The van der Waals surface area contributed by atoms with Crippen molar-refractivity contribution >= 4 is 72.8 Å². The number of hydrogen-bond acceptors (Lipinski definition) is 0. The van der Waals surface area contributed by atoms with Crippen molar-refractivity contribution in [3.8, 4) is 22.3 Å². The summed E-state index contributed by atoms with van der Waals surface area (Å²) in [5, 5.41) is 6.15. The molecule has 0 saturated carbocycles. The topological polar surface area (TPSA) is 0 Å². The minimum atomic E-state index is -4.00. The fraction of sp³-hybridized carbons (Fsp3) is 0.316. The Hall–Kier alpha value is -1.27. The Morgan fingerprint density at radius 3 is 2.11 bits per heavy atom. The van der Waals surface area contributed by atoms with Gasteiger partial charge in [-0.1, -0.05) is 0 Å². The second kappa shape index (κ2) is 12.1. The molecule has 1 aliphatic heterocycles. The van der Waals surface area contributed by atoms with Gasteiger partial charge in [0.1, 0.15) is 0 Å². The van der Waals surface area contributed by atoms with Crippen LogP contribution in [0.1, 0.15) is 46.5 Å². The molecule has 44 heavy (non-hydrogen) atoms. The van der Waals surface area contributed by atoms with E-state index in [-0.39, 0.29) is 3.63 Å². The Morgan fingerprint density at radius 2 is 1.45 bits per heavy atom. The quantitative estimate of drug-likeness (QED) is 0.140. The normalized spacial score (nSPS) is 16.6. The molecule has 2 aliphatic rings. The van der Waals surface area contributed by atoms with E-state index in [1.54, 1.807) is 10.4 Å². The average Bonchev–Trinajstić information content (AvgIpc) is 3.53. The maximum atomic E-state index is 7.97. The number of benzene rings is 4. The Kier molecular flexibility index (Phi) is 8.96. The summed E-state index contributed by atoms with van der Waals surface area (Å²) in [7, 11) is 12.3. The van der Waals surface area contributed by atoms with Crippen molar-refractivity contribution in [3.63, 3.8) is 0 Å². The van der Waals surface area contributed by atoms with Gasteiger partial charge in [-0.2, -0.15) is 0 Å². The number of rotatable bonds is 8. The number of unbranched alkanes of at least 4 members (excludes halogenated alkanes) is 1. The van der Waals surface area contributed by atoms with Crippen molar-refractivity contribution < 1.29 is 17.9 Å². The van der Waals surface area contributed by atoms with Crippen LogP contribution in [0.5, 0.6) is 0 Å². The molecular weight excluding hydrogens is 703 g/mol. The molecule has 1 unspecified atom stereocenters. The van der Waals surface area contributed by atoms with E-state index in [2.05, 4.69) is 132 Å². The molecule has 1 aliphatic carbocycles. The van der Waals surface area contributed by atoms with Gasteiger partial charge in [0.2, 0.25) is 0 Å². The van der Waals surface area contributed by atoms with Gasteiger partial charge >= 0.3 is 284 Å². The van der Waals surface area contributed by atoms with Crippen molar-refractivity contribution in [1.29, 1.82) is 0 Å². The van der Waals surface area contributed by atoms with Gasteiger partial charge in [-0.3, -0.25) is 0 Å². The van der Waals surface area contributed by atoms with Crippen molar-refractivity contribution in [2.24, 2.45) is 0 Å². The van der Waals surface area contributed by atoms with Gasteiger partial charge in [0.25, 0.3) is 0 Å². The van der Waals surface area contributed by atoms with E-state index < -0.39 is 43.5 Å². The predicted octanol–water partition coefficient (Wildman–Crippen LogP) is 8.27. The van der Waals surface area contributed by atoms with Crippen LogP contribution in [-0.4, -0.2) is 25.7 Å². The number of aryl methyl sites for hydroxylation is 1. The molecule has 1 heterocycles. The third kappa shape index (κ3) is 5.86. The summed E-state index contributed by atoms with van der Waals surface area (Å²) in [5.41, 5.74) is 11.1. The molecule has 0 amide bonds. The summed E-state index contributed by atoms with van der Waals surface area (Å²) in [6.07, 6.45) is 5.92. The van der Waals surface area contributed by atoms with E-state index in [4.69, 9.17) is 17.0 Å². The van der Waals surface area contributed by atoms with E-state index >= 15 is 0 Å². The van der Waals surface area contributed by atoms with Crippen LogP contribution >= 0.6 is 17.0 Å². The third-order valence-electron chi connectivity index (χ3n) is 9.84. The third-order valence-corrected chi connectivity index (χ3v) is 28.2. The van der Waals surface area contributed by atoms with E-state index in [9.17, 15) is 0 Å². The van der Waals surface area contributed by atoms with Crippen LogP contribution < -0.4 is 24.0 Å². The van der Waals surface area contributed by atoms with E-state index in [0.717, 1.165) is 6.42 Å². The average molecular weight is 749 g/mol. The number of allylic oxidation sites excluding steroid dienone is 1. The summed E-state index contributed by atoms with van der Waals surface area (Å²) >= 11 is -4.00. The zero-order valence-corrected chi connectivity index (χ0v) is 35.1. The molecule has 0 N–H and O–H groups in total. The molecule has 6 rings (SSSR count). The van der Waals surface area contributed by atoms with Gasteiger partial charge in [-0.25, -0.2) is 0 Å². The second-order valence-corrected chi connectivity index (χ2v) is 41.1. The van der Waals surface area contributed by atoms with Crippen LogP contribution in [0.4, 0.5) is 0 Å². The fourth-order valence-corrected chi connectivity index (χ4v) is 26.7. The molecule has 0 fully saturated rings. The first-order valence-corrected chi connectivity index (χ1v) is 33.7. The monoisotopic (exact) mass is 746 g/mol. The summed E-state index contributed by atoms with van der Waals surface area (Å²) < 4.78 is 1.46. The molecule has 0 spiro atoms. The molecule has 6 heteroatoms. The SMILES string of the molecule is CCCCC1=Cc2c(ccc(C)c2-c2cc([Si](C)(C)C)cc([Si](C)(C)C)c2)[CH]1[Zr]([Cl])([Cl])[c]1cccc2c1[SiH2]c1ccccc1-2. The van der Waals surface area contributed by atoms with Crippen molar-refractivity contribution in [3.05, 3.63) is 95.1 Å². The van der Waals surface area contributed by atoms with Crippen LogP contribution in [0.3, 0.4) is 0 Å². The first-order chi connectivity index (χ1) is 20.7. The van der Waals surface area contributed by atoms with Gasteiger partial charge in [0, 0.05) is 0 Å². The van der Waals surface area contributed by atoms with Crippen LogP contribution in [0, 0.1) is 6.92 Å². The molecule has 4 aromatic carbocycles. The summed E-state index contributed by atoms with van der Waals surface area (Å²) in [4.78, 5) is 0. The van der Waals surface area contributed by atoms with Gasteiger partial charge in [-0.05, 0) is 0 Å². The first-order valence-electron chi connectivity index (χ1n) is 16.3. The van der Waals surface area contributed by atoms with E-state index in [1.165, 1.54) is 71.0 Å². The second-order valence-electron chi connectivity index (χ2n) is 15.1. The summed E-state index contributed by atoms with van der Waals surface area (Å²) in [6, 6.07) is 28.1. The molecule has 0 saturated heterocycles. The van der Waals surface area contributed by atoms with E-state index in [1.807, 2.05) is 0 Å². The molecule has 228 valence electrons. The molecule has 0 radical (unpaired) electrons. The van der Waals surface area contributed by atoms with Crippen molar-refractivity contribution in [2.45, 2.75) is 76.0 Å². The fourth-order valence-electron chi connectivity index (χ4n) is 7.29. The standard InChI is InChI=1S/C26H37Si2.C12H9Si.2ClH.Zr/c1-9-10-11-20-14-21-13-12-19(2)26(25(21)15-20)22-16-23(27(3,4)5)18-24(17-22)28(6,7)8;1-3-7-11-9(5-1)10-6-2-4-8-12(10)13-11;;;/h12-18H,9-11H2,1-8H3;1-7H,13H2;2*1H;/q;;;;+2/p-2. The Balaban J connectivity index is 1.55.